The number of rotatable bonds is 5. The minimum Gasteiger partial charge on any atom is -0.337 e. The summed E-state index contributed by atoms with van der Waals surface area (Å²) in [5.41, 5.74) is 2.49. The van der Waals surface area contributed by atoms with Crippen molar-refractivity contribution in [2.24, 2.45) is 0 Å². The summed E-state index contributed by atoms with van der Waals surface area (Å²) < 4.78 is 0. The maximum Gasteiger partial charge on any atom is 0.275 e. The van der Waals surface area contributed by atoms with Gasteiger partial charge in [0.1, 0.15) is 0 Å². The van der Waals surface area contributed by atoms with E-state index in [-0.39, 0.29) is 29.2 Å². The van der Waals surface area contributed by atoms with Gasteiger partial charge in [0.05, 0.1) is 0 Å². The first-order valence-corrected chi connectivity index (χ1v) is 9.94. The van der Waals surface area contributed by atoms with Gasteiger partial charge in [-0.1, -0.05) is 29.8 Å². The lowest BCUT2D eigenvalue weighted by Gasteiger charge is -2.29. The van der Waals surface area contributed by atoms with Gasteiger partial charge in [0, 0.05) is 38.1 Å². The van der Waals surface area contributed by atoms with E-state index < -0.39 is 0 Å². The monoisotopic (exact) mass is 380 g/mol. The predicted octanol–water partition coefficient (Wildman–Crippen LogP) is 3.46. The van der Waals surface area contributed by atoms with Crippen molar-refractivity contribution in [2.75, 3.05) is 13.1 Å². The van der Waals surface area contributed by atoms with Crippen molar-refractivity contribution in [3.05, 3.63) is 59.2 Å². The van der Waals surface area contributed by atoms with Crippen molar-refractivity contribution < 1.29 is 9.59 Å². The van der Waals surface area contributed by atoms with Crippen LogP contribution in [0.1, 0.15) is 65.2 Å². The van der Waals surface area contributed by atoms with Crippen LogP contribution in [0.25, 0.3) is 0 Å². The number of aromatic nitrogens is 2. The molecule has 0 radical (unpaired) electrons. The van der Waals surface area contributed by atoms with Crippen LogP contribution in [-0.2, 0) is 6.54 Å². The lowest BCUT2D eigenvalue weighted by molar-refractivity contribution is 0.0654. The van der Waals surface area contributed by atoms with E-state index >= 15 is 0 Å². The minimum atomic E-state index is -0.259. The van der Waals surface area contributed by atoms with Crippen molar-refractivity contribution in [1.82, 2.24) is 19.8 Å². The molecule has 1 fully saturated rings. The van der Waals surface area contributed by atoms with E-state index in [0.29, 0.717) is 19.6 Å². The summed E-state index contributed by atoms with van der Waals surface area (Å²) in [7, 11) is 0. The first-order chi connectivity index (χ1) is 13.5. The van der Waals surface area contributed by atoms with E-state index in [1.165, 1.54) is 12.4 Å². The Morgan fingerprint density at radius 1 is 1.07 bits per heavy atom. The molecule has 1 aromatic heterocycles. The molecule has 0 unspecified atom stereocenters. The second-order valence-electron chi connectivity index (χ2n) is 7.62. The molecule has 1 aromatic carbocycles. The summed E-state index contributed by atoms with van der Waals surface area (Å²) in [5, 5.41) is 0. The molecule has 0 saturated carbocycles. The highest BCUT2D eigenvalue weighted by Gasteiger charge is 2.29. The number of benzene rings is 1. The highest BCUT2D eigenvalue weighted by molar-refractivity contribution is 6.04. The molecule has 6 heteroatoms. The summed E-state index contributed by atoms with van der Waals surface area (Å²) in [6.07, 6.45) is 6.06. The van der Waals surface area contributed by atoms with Gasteiger partial charge in [-0.2, -0.15) is 0 Å². The average Bonchev–Trinajstić information content (AvgIpc) is 2.71. The molecule has 2 aromatic rings. The van der Waals surface area contributed by atoms with Gasteiger partial charge in [-0.05, 0) is 45.6 Å². The molecule has 3 rings (SSSR count). The average molecular weight is 380 g/mol. The Bertz CT molecular complexity index is 844. The van der Waals surface area contributed by atoms with Crippen molar-refractivity contribution in [3.8, 4) is 0 Å². The Morgan fingerprint density at radius 2 is 1.75 bits per heavy atom. The van der Waals surface area contributed by atoms with E-state index in [4.69, 9.17) is 0 Å². The Hall–Kier alpha value is -2.76. The van der Waals surface area contributed by atoms with Gasteiger partial charge < -0.3 is 9.80 Å². The second kappa shape index (κ2) is 8.95. The van der Waals surface area contributed by atoms with Gasteiger partial charge in [0.2, 0.25) is 0 Å². The lowest BCUT2D eigenvalue weighted by Crippen LogP contribution is -2.40. The van der Waals surface area contributed by atoms with Gasteiger partial charge in [-0.15, -0.1) is 0 Å². The first kappa shape index (κ1) is 20.0. The molecule has 0 bridgehead atoms. The molecule has 148 valence electrons. The zero-order valence-corrected chi connectivity index (χ0v) is 16.9. The first-order valence-electron chi connectivity index (χ1n) is 9.94. The van der Waals surface area contributed by atoms with Crippen molar-refractivity contribution in [2.45, 2.75) is 52.6 Å². The second-order valence-corrected chi connectivity index (χ2v) is 7.62. The van der Waals surface area contributed by atoms with Gasteiger partial charge in [0.25, 0.3) is 11.8 Å². The SMILES string of the molecule is Cc1cccc(CN(C(=O)c2nccnc2C(=O)N2CCCCC2)C(C)C)c1. The molecule has 28 heavy (non-hydrogen) atoms. The summed E-state index contributed by atoms with van der Waals surface area (Å²) >= 11 is 0. The standard InChI is InChI=1S/C22H28N4O2/c1-16(2)26(15-18-9-7-8-17(3)14-18)22(28)20-19(23-10-11-24-20)21(27)25-12-5-4-6-13-25/h7-11,14,16H,4-6,12-13,15H2,1-3H3. The third-order valence-corrected chi connectivity index (χ3v) is 5.07. The van der Waals surface area contributed by atoms with Crippen LogP contribution in [0.2, 0.25) is 0 Å². The highest BCUT2D eigenvalue weighted by Crippen LogP contribution is 2.18. The fourth-order valence-electron chi connectivity index (χ4n) is 3.53. The summed E-state index contributed by atoms with van der Waals surface area (Å²) in [6, 6.07) is 8.06. The van der Waals surface area contributed by atoms with Crippen LogP contribution in [0.4, 0.5) is 0 Å². The lowest BCUT2D eigenvalue weighted by atomic mass is 10.1. The number of carbonyl (C=O) groups excluding carboxylic acids is 2. The maximum atomic E-state index is 13.3. The Balaban J connectivity index is 1.88. The van der Waals surface area contributed by atoms with Crippen LogP contribution < -0.4 is 0 Å². The molecule has 0 spiro atoms. The number of piperidine rings is 1. The molecule has 1 saturated heterocycles. The topological polar surface area (TPSA) is 66.4 Å². The number of carbonyl (C=O) groups is 2. The van der Waals surface area contributed by atoms with Crippen LogP contribution in [0.15, 0.2) is 36.7 Å². The molecule has 1 aliphatic rings. The van der Waals surface area contributed by atoms with E-state index in [1.54, 1.807) is 9.80 Å². The molecule has 6 nitrogen and oxygen atoms in total. The van der Waals surface area contributed by atoms with Crippen LogP contribution in [0, 0.1) is 6.92 Å². The fourth-order valence-corrected chi connectivity index (χ4v) is 3.53. The van der Waals surface area contributed by atoms with Gasteiger partial charge in [0.15, 0.2) is 11.4 Å². The number of hydrogen-bond acceptors (Lipinski definition) is 4. The minimum absolute atomic E-state index is 0.0343. The quantitative estimate of drug-likeness (QED) is 0.797. The van der Waals surface area contributed by atoms with E-state index in [2.05, 4.69) is 16.0 Å². The third-order valence-electron chi connectivity index (χ3n) is 5.07. The molecule has 0 N–H and O–H groups in total. The van der Waals surface area contributed by atoms with E-state index in [1.807, 2.05) is 39.0 Å². The predicted molar refractivity (Wildman–Crippen MR) is 108 cm³/mol. The molecule has 2 amide bonds. The van der Waals surface area contributed by atoms with Crippen LogP contribution in [0.5, 0.6) is 0 Å². The van der Waals surface area contributed by atoms with Crippen LogP contribution >= 0.6 is 0 Å². The van der Waals surface area contributed by atoms with Crippen molar-refractivity contribution in [1.29, 1.82) is 0 Å². The molecular weight excluding hydrogens is 352 g/mol. The molecular formula is C22H28N4O2. The van der Waals surface area contributed by atoms with Crippen molar-refractivity contribution in [3.63, 3.8) is 0 Å². The largest absolute Gasteiger partial charge is 0.337 e. The van der Waals surface area contributed by atoms with Crippen LogP contribution in [0.3, 0.4) is 0 Å². The maximum absolute atomic E-state index is 13.3. The summed E-state index contributed by atoms with van der Waals surface area (Å²) in [4.78, 5) is 38.3. The van der Waals surface area contributed by atoms with Gasteiger partial charge in [-0.25, -0.2) is 9.97 Å². The number of aryl methyl sites for hydroxylation is 1. The molecule has 1 aliphatic heterocycles. The van der Waals surface area contributed by atoms with Gasteiger partial charge in [-0.3, -0.25) is 9.59 Å². The Labute approximate surface area is 166 Å². The van der Waals surface area contributed by atoms with Crippen molar-refractivity contribution >= 4 is 11.8 Å². The Morgan fingerprint density at radius 3 is 2.39 bits per heavy atom. The zero-order valence-electron chi connectivity index (χ0n) is 16.9. The number of amides is 2. The van der Waals surface area contributed by atoms with Gasteiger partial charge >= 0.3 is 0 Å². The molecule has 2 heterocycles. The number of nitrogens with zero attached hydrogens (tertiary/aromatic N) is 4. The highest BCUT2D eigenvalue weighted by atomic mass is 16.2. The van der Waals surface area contributed by atoms with E-state index in [0.717, 1.165) is 30.4 Å². The van der Waals surface area contributed by atoms with Crippen LogP contribution in [-0.4, -0.2) is 50.7 Å². The molecule has 0 aliphatic carbocycles. The number of hydrogen-bond donors (Lipinski definition) is 0. The summed E-state index contributed by atoms with van der Waals surface area (Å²) in [6.45, 7) is 7.85. The number of likely N-dealkylation sites (tertiary alicyclic amines) is 1. The Kier molecular flexibility index (Phi) is 6.39. The third kappa shape index (κ3) is 4.55. The summed E-state index contributed by atoms with van der Waals surface area (Å²) in [5.74, 6) is -0.458. The fraction of sp³-hybridized carbons (Fsp3) is 0.455. The normalized spacial score (nSPS) is 14.2. The molecule has 0 atom stereocenters. The zero-order chi connectivity index (χ0) is 20.1. The van der Waals surface area contributed by atoms with E-state index in [9.17, 15) is 9.59 Å². The smallest absolute Gasteiger partial charge is 0.275 e.